The minimum atomic E-state index is 1.28. The third-order valence-corrected chi connectivity index (χ3v) is 12.7. The van der Waals surface area contributed by atoms with Gasteiger partial charge in [0.05, 0.1) is 0 Å². The molecule has 45 heavy (non-hydrogen) atoms. The molecule has 3 aromatic heterocycles. The average Bonchev–Trinajstić information content (AvgIpc) is 3.85. The Morgan fingerprint density at radius 2 is 0.556 bits per heavy atom. The predicted molar refractivity (Wildman–Crippen MR) is 201 cm³/mol. The highest BCUT2D eigenvalue weighted by molar-refractivity contribution is 7.30. The zero-order valence-electron chi connectivity index (χ0n) is 24.1. The highest BCUT2D eigenvalue weighted by Crippen LogP contribution is 2.52. The van der Waals surface area contributed by atoms with E-state index in [1.807, 2.05) is 34.0 Å². The zero-order chi connectivity index (χ0) is 29.5. The molecule has 0 amide bonds. The largest absolute Gasteiger partial charge is 0.134 e. The molecule has 0 N–H and O–H groups in total. The Balaban J connectivity index is 1.30. The van der Waals surface area contributed by atoms with E-state index in [1.165, 1.54) is 93.9 Å². The molecule has 0 aliphatic carbocycles. The Kier molecular flexibility index (Phi) is 5.59. The molecule has 0 spiro atoms. The zero-order valence-corrected chi connectivity index (χ0v) is 26.5. The van der Waals surface area contributed by atoms with E-state index in [-0.39, 0.29) is 0 Å². The summed E-state index contributed by atoms with van der Waals surface area (Å²) in [5, 5.41) is 11.9. The Morgan fingerprint density at radius 3 is 0.889 bits per heavy atom. The molecular formula is C42H24S3. The Bertz CT molecular complexity index is 2350. The van der Waals surface area contributed by atoms with Crippen LogP contribution in [-0.2, 0) is 0 Å². The number of fused-ring (bicyclic) bond motifs is 9. The second kappa shape index (κ2) is 9.85. The van der Waals surface area contributed by atoms with Crippen molar-refractivity contribution in [2.45, 2.75) is 0 Å². The van der Waals surface area contributed by atoms with Crippen LogP contribution in [0.4, 0.5) is 0 Å². The minimum Gasteiger partial charge on any atom is -0.134 e. The monoisotopic (exact) mass is 624 g/mol. The van der Waals surface area contributed by atoms with Crippen LogP contribution in [0.1, 0.15) is 0 Å². The third kappa shape index (κ3) is 3.88. The standard InChI is InChI=1S/C42H24S3/c1-4-16-28-25(10-1)13-7-19-31(28)37-22-34-40(43-37)35-23-38(32-20-8-14-26-11-2-5-17-29(26)32)45-42(35)36-24-39(44-41(34)36)33-21-9-15-27-12-3-6-18-30(27)33/h1-24H. The second-order valence-corrected chi connectivity index (χ2v) is 14.8. The molecule has 0 fully saturated rings. The maximum atomic E-state index is 2.46. The van der Waals surface area contributed by atoms with Gasteiger partial charge in [-0.15, -0.1) is 34.0 Å². The van der Waals surface area contributed by atoms with Gasteiger partial charge in [-0.25, -0.2) is 0 Å². The molecule has 10 rings (SSSR count). The van der Waals surface area contributed by atoms with Gasteiger partial charge in [-0.05, 0) is 67.2 Å². The fourth-order valence-corrected chi connectivity index (χ4v) is 10.9. The van der Waals surface area contributed by atoms with E-state index in [4.69, 9.17) is 0 Å². The predicted octanol–water partition coefficient (Wildman–Crippen LogP) is 13.8. The van der Waals surface area contributed by atoms with Crippen molar-refractivity contribution in [1.29, 1.82) is 0 Å². The van der Waals surface area contributed by atoms with Crippen LogP contribution in [0.15, 0.2) is 146 Å². The molecule has 3 heterocycles. The maximum absolute atomic E-state index is 2.46. The first-order valence-corrected chi connectivity index (χ1v) is 17.6. The Morgan fingerprint density at radius 1 is 0.267 bits per heavy atom. The van der Waals surface area contributed by atoms with Crippen molar-refractivity contribution < 1.29 is 0 Å². The highest BCUT2D eigenvalue weighted by atomic mass is 32.1. The highest BCUT2D eigenvalue weighted by Gasteiger charge is 2.20. The number of rotatable bonds is 3. The van der Waals surface area contributed by atoms with E-state index < -0.39 is 0 Å². The summed E-state index contributed by atoms with van der Waals surface area (Å²) in [5.74, 6) is 0. The summed E-state index contributed by atoms with van der Waals surface area (Å²) in [6.45, 7) is 0. The Hall–Kier alpha value is -4.80. The van der Waals surface area contributed by atoms with Gasteiger partial charge < -0.3 is 0 Å². The van der Waals surface area contributed by atoms with E-state index in [0.717, 1.165) is 0 Å². The molecule has 0 radical (unpaired) electrons. The van der Waals surface area contributed by atoms with Gasteiger partial charge in [0.2, 0.25) is 0 Å². The summed E-state index contributed by atoms with van der Waals surface area (Å²) in [7, 11) is 0. The van der Waals surface area contributed by atoms with E-state index in [1.54, 1.807) is 0 Å². The molecule has 7 aromatic carbocycles. The van der Waals surface area contributed by atoms with Gasteiger partial charge in [0, 0.05) is 44.9 Å². The van der Waals surface area contributed by atoms with Gasteiger partial charge in [0.1, 0.15) is 0 Å². The summed E-state index contributed by atoms with van der Waals surface area (Å²) in [6.07, 6.45) is 0. The molecule has 0 saturated heterocycles. The molecule has 0 aliphatic heterocycles. The molecule has 0 aliphatic rings. The normalized spacial score (nSPS) is 12.0. The van der Waals surface area contributed by atoms with Gasteiger partial charge in [-0.1, -0.05) is 127 Å². The van der Waals surface area contributed by atoms with Crippen molar-refractivity contribution in [2.75, 3.05) is 0 Å². The summed E-state index contributed by atoms with van der Waals surface area (Å²) < 4.78 is 4.15. The van der Waals surface area contributed by atoms with E-state index in [9.17, 15) is 0 Å². The third-order valence-electron chi connectivity index (χ3n) is 9.10. The topological polar surface area (TPSA) is 0 Å². The lowest BCUT2D eigenvalue weighted by atomic mass is 10.0. The van der Waals surface area contributed by atoms with Crippen molar-refractivity contribution in [3.63, 3.8) is 0 Å². The molecule has 0 saturated carbocycles. The fraction of sp³-hybridized carbons (Fsp3) is 0. The van der Waals surface area contributed by atoms with Crippen LogP contribution in [0.5, 0.6) is 0 Å². The molecule has 10 aromatic rings. The molecule has 3 heteroatoms. The molecule has 0 bridgehead atoms. The van der Waals surface area contributed by atoms with Gasteiger partial charge >= 0.3 is 0 Å². The van der Waals surface area contributed by atoms with E-state index in [0.29, 0.717) is 0 Å². The van der Waals surface area contributed by atoms with Crippen LogP contribution in [0.25, 0.3) is 93.9 Å². The lowest BCUT2D eigenvalue weighted by Gasteiger charge is -2.03. The molecule has 0 unspecified atom stereocenters. The fourth-order valence-electron chi connectivity index (χ4n) is 7.00. The number of hydrogen-bond acceptors (Lipinski definition) is 3. The SMILES string of the molecule is c1ccc2c(-c3cc4c(s3)c3cc(-c5cccc6ccccc56)sc3c3cc(-c5cccc6ccccc56)sc43)cccc2c1. The quantitative estimate of drug-likeness (QED) is 0.183. The van der Waals surface area contributed by atoms with Crippen LogP contribution >= 0.6 is 34.0 Å². The number of thiophene rings is 3. The van der Waals surface area contributed by atoms with Crippen LogP contribution in [0.3, 0.4) is 0 Å². The Labute approximate surface area is 272 Å². The van der Waals surface area contributed by atoms with Gasteiger partial charge in [-0.2, -0.15) is 0 Å². The first-order valence-electron chi connectivity index (χ1n) is 15.2. The van der Waals surface area contributed by atoms with Crippen LogP contribution in [0.2, 0.25) is 0 Å². The van der Waals surface area contributed by atoms with E-state index in [2.05, 4.69) is 146 Å². The first-order chi connectivity index (χ1) is 22.3. The van der Waals surface area contributed by atoms with Gasteiger partial charge in [-0.3, -0.25) is 0 Å². The van der Waals surface area contributed by atoms with Gasteiger partial charge in [0.25, 0.3) is 0 Å². The summed E-state index contributed by atoms with van der Waals surface area (Å²) in [5.41, 5.74) is 3.93. The van der Waals surface area contributed by atoms with Crippen molar-refractivity contribution in [3.8, 4) is 31.3 Å². The summed E-state index contributed by atoms with van der Waals surface area (Å²) >= 11 is 5.83. The van der Waals surface area contributed by atoms with Crippen molar-refractivity contribution in [3.05, 3.63) is 146 Å². The molecule has 210 valence electrons. The van der Waals surface area contributed by atoms with E-state index >= 15 is 0 Å². The van der Waals surface area contributed by atoms with Crippen molar-refractivity contribution in [2.24, 2.45) is 0 Å². The maximum Gasteiger partial charge on any atom is 0.0451 e. The summed E-state index contributed by atoms with van der Waals surface area (Å²) in [4.78, 5) is 3.98. The minimum absolute atomic E-state index is 1.28. The molecule has 0 nitrogen and oxygen atoms in total. The summed E-state index contributed by atoms with van der Waals surface area (Å²) in [6, 6.07) is 53.7. The first kappa shape index (κ1) is 25.5. The van der Waals surface area contributed by atoms with Crippen molar-refractivity contribution in [1.82, 2.24) is 0 Å². The lowest BCUT2D eigenvalue weighted by molar-refractivity contribution is 1.74. The number of hydrogen-bond donors (Lipinski definition) is 0. The lowest BCUT2D eigenvalue weighted by Crippen LogP contribution is -1.77. The average molecular weight is 625 g/mol. The van der Waals surface area contributed by atoms with Crippen molar-refractivity contribution >= 4 is 96.6 Å². The van der Waals surface area contributed by atoms with Gasteiger partial charge in [0.15, 0.2) is 0 Å². The molecule has 0 atom stereocenters. The van der Waals surface area contributed by atoms with Crippen LogP contribution < -0.4 is 0 Å². The number of benzene rings is 7. The van der Waals surface area contributed by atoms with Crippen LogP contribution in [0, 0.1) is 0 Å². The smallest absolute Gasteiger partial charge is 0.0451 e. The van der Waals surface area contributed by atoms with Crippen LogP contribution in [-0.4, -0.2) is 0 Å². The second-order valence-electron chi connectivity index (χ2n) is 11.6. The molecular weight excluding hydrogens is 601 g/mol.